The van der Waals surface area contributed by atoms with Crippen molar-refractivity contribution in [3.05, 3.63) is 16.4 Å². The number of rotatable bonds is 6. The maximum atomic E-state index is 10.7. The molecule has 1 atom stereocenters. The number of hydrogen-bond donors (Lipinski definition) is 1. The second kappa shape index (κ2) is 6.46. The number of hydrogen-bond acceptors (Lipinski definition) is 3. The first-order valence-corrected chi connectivity index (χ1v) is 7.95. The number of aromatic nitrogens is 2. The first-order chi connectivity index (χ1) is 9.54. The van der Waals surface area contributed by atoms with Crippen molar-refractivity contribution in [3.8, 4) is 0 Å². The van der Waals surface area contributed by atoms with Gasteiger partial charge in [0.05, 0.1) is 28.1 Å². The lowest BCUT2D eigenvalue weighted by atomic mass is 9.91. The van der Waals surface area contributed by atoms with E-state index in [1.54, 1.807) is 0 Å². The molecule has 1 saturated carbocycles. The molecule has 1 unspecified atom stereocenters. The Morgan fingerprint density at radius 1 is 1.40 bits per heavy atom. The molecule has 0 aliphatic heterocycles. The van der Waals surface area contributed by atoms with Crippen LogP contribution in [0.3, 0.4) is 0 Å². The van der Waals surface area contributed by atoms with Gasteiger partial charge in [-0.3, -0.25) is 4.68 Å². The van der Waals surface area contributed by atoms with Crippen molar-refractivity contribution < 1.29 is 9.84 Å². The first kappa shape index (κ1) is 15.8. The third kappa shape index (κ3) is 2.87. The Morgan fingerprint density at radius 2 is 2.05 bits per heavy atom. The monoisotopic (exact) mass is 300 g/mol. The molecule has 1 aliphatic carbocycles. The van der Waals surface area contributed by atoms with E-state index in [4.69, 9.17) is 16.3 Å². The van der Waals surface area contributed by atoms with Crippen molar-refractivity contribution in [1.29, 1.82) is 0 Å². The van der Waals surface area contributed by atoms with Gasteiger partial charge in [0.1, 0.15) is 0 Å². The van der Waals surface area contributed by atoms with Crippen LogP contribution in [-0.2, 0) is 17.7 Å². The molecular weight excluding hydrogens is 276 g/mol. The minimum absolute atomic E-state index is 0.394. The maximum absolute atomic E-state index is 10.7. The summed E-state index contributed by atoms with van der Waals surface area (Å²) in [4.78, 5) is 0. The topological polar surface area (TPSA) is 47.3 Å². The Morgan fingerprint density at radius 3 is 2.60 bits per heavy atom. The zero-order valence-electron chi connectivity index (χ0n) is 12.7. The highest BCUT2D eigenvalue weighted by molar-refractivity contribution is 6.31. The molecule has 0 spiro atoms. The van der Waals surface area contributed by atoms with E-state index in [0.717, 1.165) is 43.6 Å². The maximum Gasteiger partial charge on any atom is 0.0943 e. The molecule has 0 amide bonds. The van der Waals surface area contributed by atoms with Gasteiger partial charge in [0.15, 0.2) is 0 Å². The van der Waals surface area contributed by atoms with Crippen LogP contribution in [0.25, 0.3) is 0 Å². The van der Waals surface area contributed by atoms with Crippen LogP contribution in [0, 0.1) is 6.92 Å². The van der Waals surface area contributed by atoms with Gasteiger partial charge in [-0.15, -0.1) is 0 Å². The summed E-state index contributed by atoms with van der Waals surface area (Å²) in [6, 6.07) is 0. The summed E-state index contributed by atoms with van der Waals surface area (Å²) in [5.74, 6) is 0. The lowest BCUT2D eigenvalue weighted by molar-refractivity contribution is -0.116. The van der Waals surface area contributed by atoms with Gasteiger partial charge in [-0.2, -0.15) is 5.10 Å². The van der Waals surface area contributed by atoms with Crippen molar-refractivity contribution in [3.63, 3.8) is 0 Å². The molecule has 20 heavy (non-hydrogen) atoms. The Labute approximate surface area is 126 Å². The van der Waals surface area contributed by atoms with Gasteiger partial charge >= 0.3 is 0 Å². The normalized spacial score (nSPS) is 19.4. The van der Waals surface area contributed by atoms with Gasteiger partial charge in [0.25, 0.3) is 0 Å². The molecule has 5 heteroatoms. The minimum atomic E-state index is -0.524. The summed E-state index contributed by atoms with van der Waals surface area (Å²) in [6.45, 7) is 7.32. The Kier molecular flexibility index (Phi) is 5.10. The van der Waals surface area contributed by atoms with E-state index in [-0.39, 0.29) is 0 Å². The average Bonchev–Trinajstić information content (AvgIpc) is 3.00. The molecule has 0 saturated heterocycles. The van der Waals surface area contributed by atoms with Crippen molar-refractivity contribution in [2.75, 3.05) is 6.61 Å². The number of aliphatic hydroxyl groups is 1. The second-order valence-corrected chi connectivity index (χ2v) is 5.96. The van der Waals surface area contributed by atoms with E-state index in [9.17, 15) is 5.11 Å². The van der Waals surface area contributed by atoms with Gasteiger partial charge < -0.3 is 9.84 Å². The molecule has 1 aliphatic rings. The molecular formula is C15H25ClN2O2. The molecule has 1 heterocycles. The largest absolute Gasteiger partial charge is 0.390 e. The van der Waals surface area contributed by atoms with Gasteiger partial charge in [0.2, 0.25) is 0 Å². The molecule has 0 radical (unpaired) electrons. The number of nitrogens with zero attached hydrogens (tertiary/aromatic N) is 2. The third-order valence-corrected chi connectivity index (χ3v) is 4.82. The van der Waals surface area contributed by atoms with Crippen LogP contribution in [0.5, 0.6) is 0 Å². The molecule has 1 aromatic rings. The zero-order valence-corrected chi connectivity index (χ0v) is 13.4. The van der Waals surface area contributed by atoms with Crippen LogP contribution in [0.2, 0.25) is 5.02 Å². The van der Waals surface area contributed by atoms with Crippen molar-refractivity contribution in [1.82, 2.24) is 9.78 Å². The number of aliphatic hydroxyl groups excluding tert-OH is 1. The molecule has 0 aromatic carbocycles. The fraction of sp³-hybridized carbons (Fsp3) is 0.800. The minimum Gasteiger partial charge on any atom is -0.390 e. The van der Waals surface area contributed by atoms with E-state index >= 15 is 0 Å². The summed E-state index contributed by atoms with van der Waals surface area (Å²) < 4.78 is 7.81. The van der Waals surface area contributed by atoms with Crippen LogP contribution in [0.4, 0.5) is 0 Å². The highest BCUT2D eigenvalue weighted by Gasteiger charge is 2.42. The summed E-state index contributed by atoms with van der Waals surface area (Å²) in [5, 5.41) is 15.8. The van der Waals surface area contributed by atoms with E-state index in [1.807, 2.05) is 25.5 Å². The van der Waals surface area contributed by atoms with Gasteiger partial charge in [0, 0.05) is 19.6 Å². The standard InChI is InChI=1S/C15H25ClN2O2/c1-4-18-12(14(16)11(3)17-18)10-13(19)15(20-5-2)8-6-7-9-15/h13,19H,4-10H2,1-3H3. The molecule has 4 nitrogen and oxygen atoms in total. The quantitative estimate of drug-likeness (QED) is 0.878. The number of ether oxygens (including phenoxy) is 1. The van der Waals surface area contributed by atoms with E-state index < -0.39 is 11.7 Å². The zero-order chi connectivity index (χ0) is 14.8. The SMILES string of the molecule is CCOC1(C(O)Cc2c(Cl)c(C)nn2CC)CCCC1. The third-order valence-electron chi connectivity index (χ3n) is 4.33. The van der Waals surface area contributed by atoms with Crippen LogP contribution < -0.4 is 0 Å². The van der Waals surface area contributed by atoms with E-state index in [1.165, 1.54) is 0 Å². The van der Waals surface area contributed by atoms with Gasteiger partial charge in [-0.25, -0.2) is 0 Å². The average molecular weight is 301 g/mol. The first-order valence-electron chi connectivity index (χ1n) is 7.58. The highest BCUT2D eigenvalue weighted by Crippen LogP contribution is 2.38. The number of aryl methyl sites for hydroxylation is 2. The van der Waals surface area contributed by atoms with Crippen molar-refractivity contribution >= 4 is 11.6 Å². The Bertz CT molecular complexity index is 453. The number of halogens is 1. The van der Waals surface area contributed by atoms with Crippen LogP contribution in [-0.4, -0.2) is 33.2 Å². The van der Waals surface area contributed by atoms with Crippen LogP contribution >= 0.6 is 11.6 Å². The highest BCUT2D eigenvalue weighted by atomic mass is 35.5. The predicted octanol–water partition coefficient (Wildman–Crippen LogP) is 3.12. The van der Waals surface area contributed by atoms with E-state index in [2.05, 4.69) is 5.10 Å². The molecule has 0 bridgehead atoms. The smallest absolute Gasteiger partial charge is 0.0943 e. The predicted molar refractivity (Wildman–Crippen MR) is 80.2 cm³/mol. The summed E-state index contributed by atoms with van der Waals surface area (Å²) >= 11 is 6.33. The molecule has 114 valence electrons. The molecule has 2 rings (SSSR count). The lowest BCUT2D eigenvalue weighted by Gasteiger charge is -2.34. The molecule has 1 fully saturated rings. The van der Waals surface area contributed by atoms with E-state index in [0.29, 0.717) is 18.1 Å². The fourth-order valence-electron chi connectivity index (χ4n) is 3.27. The summed E-state index contributed by atoms with van der Waals surface area (Å²) in [7, 11) is 0. The van der Waals surface area contributed by atoms with Gasteiger partial charge in [-0.05, 0) is 33.6 Å². The summed E-state index contributed by atoms with van der Waals surface area (Å²) in [6.07, 6.45) is 4.09. The van der Waals surface area contributed by atoms with Gasteiger partial charge in [-0.1, -0.05) is 24.4 Å². The lowest BCUT2D eigenvalue weighted by Crippen LogP contribution is -2.44. The van der Waals surface area contributed by atoms with Crippen LogP contribution in [0.15, 0.2) is 0 Å². The Balaban J connectivity index is 2.20. The second-order valence-electron chi connectivity index (χ2n) is 5.59. The summed E-state index contributed by atoms with van der Waals surface area (Å²) in [5.41, 5.74) is 1.35. The molecule has 1 aromatic heterocycles. The van der Waals surface area contributed by atoms with Crippen molar-refractivity contribution in [2.24, 2.45) is 0 Å². The van der Waals surface area contributed by atoms with Crippen molar-refractivity contribution in [2.45, 2.75) is 71.1 Å². The van der Waals surface area contributed by atoms with Crippen LogP contribution in [0.1, 0.15) is 50.9 Å². The fourth-order valence-corrected chi connectivity index (χ4v) is 3.48. The Hall–Kier alpha value is -0.580. The molecule has 1 N–H and O–H groups in total.